The minimum atomic E-state index is -0.530. The topological polar surface area (TPSA) is 58.6 Å². The monoisotopic (exact) mass is 406 g/mol. The Morgan fingerprint density at radius 3 is 2.66 bits per heavy atom. The molecule has 0 fully saturated rings. The maximum absolute atomic E-state index is 13.6. The molecule has 1 aromatic heterocycles. The highest BCUT2D eigenvalue weighted by Gasteiger charge is 2.43. The van der Waals surface area contributed by atoms with Gasteiger partial charge in [-0.05, 0) is 47.7 Å². The van der Waals surface area contributed by atoms with Crippen molar-refractivity contribution in [3.05, 3.63) is 81.5 Å². The van der Waals surface area contributed by atoms with Gasteiger partial charge in [-0.15, -0.1) is 11.3 Å². The third-order valence-electron chi connectivity index (χ3n) is 5.31. The van der Waals surface area contributed by atoms with Gasteiger partial charge in [-0.2, -0.15) is 0 Å². The first-order valence-electron chi connectivity index (χ1n) is 9.36. The second-order valence-corrected chi connectivity index (χ2v) is 8.11. The van der Waals surface area contributed by atoms with Gasteiger partial charge in [0.1, 0.15) is 5.75 Å². The first kappa shape index (κ1) is 19.2. The third-order valence-corrected chi connectivity index (χ3v) is 6.25. The summed E-state index contributed by atoms with van der Waals surface area (Å²) >= 11 is 1.55. The summed E-state index contributed by atoms with van der Waals surface area (Å²) in [6.07, 6.45) is 0. The number of nitrogens with one attached hydrogen (secondary N) is 1. The molecule has 29 heavy (non-hydrogen) atoms. The van der Waals surface area contributed by atoms with Crippen LogP contribution in [0.4, 0.5) is 5.69 Å². The van der Waals surface area contributed by atoms with Gasteiger partial charge in [-0.1, -0.05) is 30.3 Å². The molecule has 0 saturated carbocycles. The van der Waals surface area contributed by atoms with Crippen molar-refractivity contribution in [3.63, 3.8) is 0 Å². The van der Waals surface area contributed by atoms with Crippen LogP contribution in [-0.2, 0) is 4.79 Å². The number of ether oxygens (including phenoxy) is 1. The van der Waals surface area contributed by atoms with Crippen LogP contribution in [0.15, 0.2) is 60.0 Å². The van der Waals surface area contributed by atoms with Crippen molar-refractivity contribution in [1.29, 1.82) is 0 Å². The predicted molar refractivity (Wildman–Crippen MR) is 115 cm³/mol. The number of amides is 2. The molecule has 0 spiro atoms. The number of carbonyl (C=O) groups is 2. The lowest BCUT2D eigenvalue weighted by atomic mass is 9.81. The van der Waals surface area contributed by atoms with E-state index in [0.717, 1.165) is 16.0 Å². The molecule has 2 atom stereocenters. The molecule has 148 valence electrons. The minimum Gasteiger partial charge on any atom is -0.495 e. The van der Waals surface area contributed by atoms with E-state index in [2.05, 4.69) is 5.32 Å². The lowest BCUT2D eigenvalue weighted by Gasteiger charge is -2.39. The maximum atomic E-state index is 13.6. The molecule has 0 radical (unpaired) electrons. The van der Waals surface area contributed by atoms with Crippen LogP contribution in [0.3, 0.4) is 0 Å². The fourth-order valence-corrected chi connectivity index (χ4v) is 4.81. The molecule has 5 nitrogen and oxygen atoms in total. The number of anilines is 1. The number of aryl methyl sites for hydroxylation is 1. The summed E-state index contributed by atoms with van der Waals surface area (Å²) < 4.78 is 5.42. The summed E-state index contributed by atoms with van der Waals surface area (Å²) in [6, 6.07) is 16.6. The van der Waals surface area contributed by atoms with Crippen LogP contribution < -0.4 is 10.1 Å². The summed E-state index contributed by atoms with van der Waals surface area (Å²) in [4.78, 5) is 29.2. The Balaban J connectivity index is 1.80. The van der Waals surface area contributed by atoms with E-state index in [9.17, 15) is 9.59 Å². The lowest BCUT2D eigenvalue weighted by molar-refractivity contribution is -0.119. The van der Waals surface area contributed by atoms with E-state index in [1.165, 1.54) is 0 Å². The van der Waals surface area contributed by atoms with Gasteiger partial charge in [0.15, 0.2) is 0 Å². The van der Waals surface area contributed by atoms with Gasteiger partial charge in [-0.25, -0.2) is 0 Å². The highest BCUT2D eigenvalue weighted by atomic mass is 32.1. The normalized spacial score (nSPS) is 18.3. The number of hydrogen-bond donors (Lipinski definition) is 1. The molecule has 0 saturated heterocycles. The molecule has 1 N–H and O–H groups in total. The van der Waals surface area contributed by atoms with E-state index in [-0.39, 0.29) is 17.9 Å². The molecule has 1 aliphatic rings. The Morgan fingerprint density at radius 2 is 1.93 bits per heavy atom. The Labute approximate surface area is 173 Å². The van der Waals surface area contributed by atoms with E-state index in [4.69, 9.17) is 4.74 Å². The molecule has 0 aliphatic carbocycles. The molecular formula is C23H22N2O3S. The van der Waals surface area contributed by atoms with Crippen LogP contribution in [0, 0.1) is 6.92 Å². The molecule has 2 aromatic carbocycles. The predicted octanol–water partition coefficient (Wildman–Crippen LogP) is 4.61. The van der Waals surface area contributed by atoms with Crippen molar-refractivity contribution in [3.8, 4) is 5.75 Å². The average Bonchev–Trinajstić information content (AvgIpc) is 3.25. The summed E-state index contributed by atoms with van der Waals surface area (Å²) in [5.74, 6) is -0.168. The maximum Gasteiger partial charge on any atom is 0.254 e. The number of carbonyl (C=O) groups excluding carboxylic acids is 2. The summed E-state index contributed by atoms with van der Waals surface area (Å²) in [7, 11) is 3.34. The second kappa shape index (κ2) is 7.72. The van der Waals surface area contributed by atoms with Gasteiger partial charge in [0.05, 0.1) is 24.8 Å². The van der Waals surface area contributed by atoms with Crippen LogP contribution in [0.1, 0.15) is 38.3 Å². The average molecular weight is 407 g/mol. The first-order valence-corrected chi connectivity index (χ1v) is 10.2. The SMILES string of the molecule is COc1ccc(C)cc1NC(=O)[C@H]1c2ccccc2C(=O)N(C)[C@H]1c1cccs1. The van der Waals surface area contributed by atoms with Crippen molar-refractivity contribution >= 4 is 28.8 Å². The van der Waals surface area contributed by atoms with Crippen molar-refractivity contribution in [2.45, 2.75) is 18.9 Å². The largest absolute Gasteiger partial charge is 0.495 e. The zero-order valence-corrected chi connectivity index (χ0v) is 17.3. The van der Waals surface area contributed by atoms with Gasteiger partial charge in [0.25, 0.3) is 5.91 Å². The zero-order valence-electron chi connectivity index (χ0n) is 16.5. The number of nitrogens with zero attached hydrogens (tertiary/aromatic N) is 1. The fraction of sp³-hybridized carbons (Fsp3) is 0.217. The quantitative estimate of drug-likeness (QED) is 0.688. The van der Waals surface area contributed by atoms with Crippen LogP contribution >= 0.6 is 11.3 Å². The standard InChI is InChI=1S/C23H22N2O3S/c1-14-10-11-18(28-3)17(13-14)24-22(26)20-15-7-4-5-8-16(15)23(27)25(2)21(20)19-9-6-12-29-19/h4-13,20-21H,1-3H3,(H,24,26)/t20-,21-/m0/s1. The number of benzene rings is 2. The van der Waals surface area contributed by atoms with Crippen LogP contribution in [0.5, 0.6) is 5.75 Å². The minimum absolute atomic E-state index is 0.0730. The highest BCUT2D eigenvalue weighted by Crippen LogP contribution is 2.44. The molecular weight excluding hydrogens is 384 g/mol. The van der Waals surface area contributed by atoms with Crippen molar-refractivity contribution in [2.75, 3.05) is 19.5 Å². The Kier molecular flexibility index (Phi) is 5.11. The smallest absolute Gasteiger partial charge is 0.254 e. The van der Waals surface area contributed by atoms with Gasteiger partial charge in [0.2, 0.25) is 5.91 Å². The highest BCUT2D eigenvalue weighted by molar-refractivity contribution is 7.10. The van der Waals surface area contributed by atoms with E-state index < -0.39 is 5.92 Å². The van der Waals surface area contributed by atoms with Crippen molar-refractivity contribution in [1.82, 2.24) is 4.90 Å². The third kappa shape index (κ3) is 3.40. The molecule has 4 rings (SSSR count). The summed E-state index contributed by atoms with van der Waals surface area (Å²) in [5.41, 5.74) is 2.96. The molecule has 3 aromatic rings. The number of fused-ring (bicyclic) bond motifs is 1. The molecule has 0 unspecified atom stereocenters. The lowest BCUT2D eigenvalue weighted by Crippen LogP contribution is -2.43. The molecule has 0 bridgehead atoms. The van der Waals surface area contributed by atoms with Gasteiger partial charge in [0, 0.05) is 17.5 Å². The Hall–Kier alpha value is -3.12. The van der Waals surface area contributed by atoms with Gasteiger partial charge >= 0.3 is 0 Å². The fourth-order valence-electron chi connectivity index (χ4n) is 3.90. The summed E-state index contributed by atoms with van der Waals surface area (Å²) in [5, 5.41) is 5.01. The Morgan fingerprint density at radius 1 is 1.14 bits per heavy atom. The van der Waals surface area contributed by atoms with E-state index in [1.54, 1.807) is 36.5 Å². The number of likely N-dealkylation sites (N-methyl/N-ethyl adjacent to an activating group) is 1. The summed E-state index contributed by atoms with van der Waals surface area (Å²) in [6.45, 7) is 1.96. The van der Waals surface area contributed by atoms with Gasteiger partial charge in [-0.3, -0.25) is 9.59 Å². The number of rotatable bonds is 4. The number of thiophene rings is 1. The Bertz CT molecular complexity index is 1060. The van der Waals surface area contributed by atoms with E-state index in [0.29, 0.717) is 17.0 Å². The van der Waals surface area contributed by atoms with Crippen LogP contribution in [0.2, 0.25) is 0 Å². The van der Waals surface area contributed by atoms with E-state index in [1.807, 2.05) is 60.8 Å². The number of hydrogen-bond acceptors (Lipinski definition) is 4. The molecule has 1 aliphatic heterocycles. The molecule has 2 heterocycles. The second-order valence-electron chi connectivity index (χ2n) is 7.13. The van der Waals surface area contributed by atoms with Crippen LogP contribution in [-0.4, -0.2) is 30.9 Å². The molecule has 2 amide bonds. The van der Waals surface area contributed by atoms with Crippen LogP contribution in [0.25, 0.3) is 0 Å². The first-order chi connectivity index (χ1) is 14.0. The van der Waals surface area contributed by atoms with Gasteiger partial charge < -0.3 is 15.0 Å². The number of methoxy groups -OCH3 is 1. The van der Waals surface area contributed by atoms with E-state index >= 15 is 0 Å². The van der Waals surface area contributed by atoms with Crippen molar-refractivity contribution in [2.24, 2.45) is 0 Å². The van der Waals surface area contributed by atoms with Crippen molar-refractivity contribution < 1.29 is 14.3 Å². The molecule has 6 heteroatoms. The zero-order chi connectivity index (χ0) is 20.5.